The van der Waals surface area contributed by atoms with Crippen molar-refractivity contribution >= 4 is 12.0 Å². The summed E-state index contributed by atoms with van der Waals surface area (Å²) in [5.74, 6) is 1.43. The maximum atomic E-state index is 10.0. The summed E-state index contributed by atoms with van der Waals surface area (Å²) in [6.07, 6.45) is 4.05. The fourth-order valence-electron chi connectivity index (χ4n) is 2.15. The molecule has 0 bridgehead atoms. The molecule has 19 heavy (non-hydrogen) atoms. The van der Waals surface area contributed by atoms with Crippen LogP contribution in [0.15, 0.2) is 30.3 Å². The molecule has 0 heterocycles. The third-order valence-electron chi connectivity index (χ3n) is 3.70. The molecule has 1 fully saturated rings. The molecule has 5 heteroatoms. The predicted molar refractivity (Wildman–Crippen MR) is 73.2 cm³/mol. The van der Waals surface area contributed by atoms with Gasteiger partial charge in [-0.15, -0.1) is 4.33 Å². The van der Waals surface area contributed by atoms with E-state index < -0.39 is 0 Å². The summed E-state index contributed by atoms with van der Waals surface area (Å²) in [6, 6.07) is 9.39. The molecule has 0 saturated heterocycles. The maximum absolute atomic E-state index is 10.0. The van der Waals surface area contributed by atoms with Crippen LogP contribution in [0.4, 0.5) is 0 Å². The number of hydrogen-bond acceptors (Lipinski definition) is 4. The van der Waals surface area contributed by atoms with Crippen LogP contribution in [0.3, 0.4) is 0 Å². The van der Waals surface area contributed by atoms with Gasteiger partial charge in [0.15, 0.2) is 5.75 Å². The Morgan fingerprint density at radius 3 is 2.58 bits per heavy atom. The fraction of sp³-hybridized carbons (Fsp3) is 0.571. The zero-order valence-corrected chi connectivity index (χ0v) is 14.9. The number of benzene rings is 1. The monoisotopic (exact) mass is 357 g/mol. The number of hydrogen-bond donors (Lipinski definition) is 1. The molecule has 1 aliphatic carbocycles. The summed E-state index contributed by atoms with van der Waals surface area (Å²) in [6.45, 7) is 2.16. The summed E-state index contributed by atoms with van der Waals surface area (Å²) >= 11 is 1.24. The summed E-state index contributed by atoms with van der Waals surface area (Å²) in [5.41, 5.74) is 0.140. The minimum Gasteiger partial charge on any atom is -0.393 e. The van der Waals surface area contributed by atoms with Gasteiger partial charge in [-0.2, -0.15) is 0 Å². The van der Waals surface area contributed by atoms with E-state index in [0.717, 1.165) is 25.0 Å². The van der Waals surface area contributed by atoms with E-state index in [1.165, 1.54) is 18.5 Å². The van der Waals surface area contributed by atoms with E-state index >= 15 is 0 Å². The topological polar surface area (TPSA) is 38.7 Å². The predicted octanol–water partition coefficient (Wildman–Crippen LogP) is 3.58. The standard InChI is InChI=1S/C14H20O3S.Y/c1-14(9-5-10-14)13(15)8-11-18-17-16-12-6-3-2-4-7-12;/h2-4,6-7,13,15H,5,8-11H2,1H3;. The summed E-state index contributed by atoms with van der Waals surface area (Å²) in [5, 5.41) is 10.0. The fourth-order valence-corrected chi connectivity index (χ4v) is 2.66. The SMILES string of the molecule is CC1(C(O)CCSOOc2ccccc2)CCC1.[Y]. The Hall–Kier alpha value is 0.394. The third kappa shape index (κ3) is 5.35. The molecule has 103 valence electrons. The van der Waals surface area contributed by atoms with E-state index in [1.54, 1.807) is 0 Å². The number of rotatable bonds is 7. The van der Waals surface area contributed by atoms with E-state index in [-0.39, 0.29) is 44.2 Å². The Kier molecular flexibility index (Phi) is 7.92. The van der Waals surface area contributed by atoms with Crippen LogP contribution < -0.4 is 4.89 Å². The largest absolute Gasteiger partial charge is 0.393 e. The summed E-state index contributed by atoms with van der Waals surface area (Å²) in [4.78, 5) is 5.10. The van der Waals surface area contributed by atoms with Gasteiger partial charge in [0.1, 0.15) is 0 Å². The van der Waals surface area contributed by atoms with Crippen molar-refractivity contribution in [3.8, 4) is 5.75 Å². The molecule has 0 spiro atoms. The molecule has 1 atom stereocenters. The molecule has 1 unspecified atom stereocenters. The molecule has 1 aromatic carbocycles. The normalized spacial score (nSPS) is 18.0. The van der Waals surface area contributed by atoms with E-state index in [4.69, 9.17) is 9.22 Å². The number of aliphatic hydroxyl groups is 1. The zero-order chi connectivity index (χ0) is 12.8. The van der Waals surface area contributed by atoms with Crippen LogP contribution in [0, 0.1) is 5.41 Å². The Balaban J connectivity index is 0.00000180. The molecule has 1 aromatic rings. The first-order valence-corrected chi connectivity index (χ1v) is 7.31. The first kappa shape index (κ1) is 17.4. The maximum Gasteiger partial charge on any atom is 0.166 e. The van der Waals surface area contributed by atoms with Gasteiger partial charge in [0.05, 0.1) is 6.10 Å². The molecule has 1 radical (unpaired) electrons. The van der Waals surface area contributed by atoms with Crippen molar-refractivity contribution in [3.05, 3.63) is 30.3 Å². The summed E-state index contributed by atoms with van der Waals surface area (Å²) in [7, 11) is 0. The van der Waals surface area contributed by atoms with Crippen molar-refractivity contribution in [2.75, 3.05) is 5.75 Å². The van der Waals surface area contributed by atoms with Gasteiger partial charge in [-0.1, -0.05) is 31.5 Å². The third-order valence-corrected chi connectivity index (χ3v) is 4.26. The van der Waals surface area contributed by atoms with E-state index in [9.17, 15) is 5.11 Å². The molecule has 1 N–H and O–H groups in total. The van der Waals surface area contributed by atoms with Gasteiger partial charge < -0.3 is 9.99 Å². The first-order chi connectivity index (χ1) is 8.71. The molecule has 0 amide bonds. The average Bonchev–Trinajstić information content (AvgIpc) is 2.36. The van der Waals surface area contributed by atoms with E-state index in [2.05, 4.69) is 6.92 Å². The minimum absolute atomic E-state index is 0. The van der Waals surface area contributed by atoms with Crippen molar-refractivity contribution in [2.45, 2.75) is 38.7 Å². The number of para-hydroxylation sites is 1. The molecule has 0 aliphatic heterocycles. The van der Waals surface area contributed by atoms with Crippen molar-refractivity contribution < 1.29 is 47.0 Å². The second kappa shape index (κ2) is 8.63. The second-order valence-electron chi connectivity index (χ2n) is 5.10. The Bertz CT molecular complexity index is 357. The zero-order valence-electron chi connectivity index (χ0n) is 11.2. The van der Waals surface area contributed by atoms with Crippen LogP contribution in [0.1, 0.15) is 32.6 Å². The average molecular weight is 357 g/mol. The van der Waals surface area contributed by atoms with Gasteiger partial charge in [0.2, 0.25) is 0 Å². The van der Waals surface area contributed by atoms with Crippen molar-refractivity contribution in [2.24, 2.45) is 5.41 Å². The smallest absolute Gasteiger partial charge is 0.166 e. The molecule has 0 aromatic heterocycles. The van der Waals surface area contributed by atoms with Crippen molar-refractivity contribution in [1.29, 1.82) is 0 Å². The molecule has 2 rings (SSSR count). The molecule has 1 aliphatic rings. The van der Waals surface area contributed by atoms with Gasteiger partial charge >= 0.3 is 0 Å². The van der Waals surface area contributed by atoms with E-state index in [0.29, 0.717) is 5.75 Å². The van der Waals surface area contributed by atoms with Gasteiger partial charge in [-0.05, 0) is 36.8 Å². The van der Waals surface area contributed by atoms with Gasteiger partial charge in [-0.25, -0.2) is 0 Å². The Morgan fingerprint density at radius 2 is 2.00 bits per heavy atom. The van der Waals surface area contributed by atoms with Crippen LogP contribution in [-0.4, -0.2) is 17.0 Å². The Labute approximate surface area is 144 Å². The van der Waals surface area contributed by atoms with Gasteiger partial charge in [-0.3, -0.25) is 0 Å². The minimum atomic E-state index is -0.223. The van der Waals surface area contributed by atoms with Crippen molar-refractivity contribution in [1.82, 2.24) is 0 Å². The van der Waals surface area contributed by atoms with Crippen LogP contribution in [-0.2, 0) is 37.0 Å². The quantitative estimate of drug-likeness (QED) is 0.350. The van der Waals surface area contributed by atoms with Crippen LogP contribution >= 0.6 is 12.0 Å². The van der Waals surface area contributed by atoms with Crippen LogP contribution in [0.25, 0.3) is 0 Å². The Morgan fingerprint density at radius 1 is 1.32 bits per heavy atom. The first-order valence-electron chi connectivity index (χ1n) is 6.40. The van der Waals surface area contributed by atoms with Gasteiger partial charge in [0, 0.05) is 50.5 Å². The van der Waals surface area contributed by atoms with Gasteiger partial charge in [0.25, 0.3) is 0 Å². The molecule has 1 saturated carbocycles. The van der Waals surface area contributed by atoms with Crippen molar-refractivity contribution in [3.63, 3.8) is 0 Å². The molecule has 3 nitrogen and oxygen atoms in total. The molecular weight excluding hydrogens is 337 g/mol. The second-order valence-corrected chi connectivity index (χ2v) is 5.88. The van der Waals surface area contributed by atoms with Crippen LogP contribution in [0.2, 0.25) is 0 Å². The number of aliphatic hydroxyl groups excluding tert-OH is 1. The summed E-state index contributed by atoms with van der Waals surface area (Å²) < 4.78 is 5.04. The molecular formula is C14H20O3SY. The van der Waals surface area contributed by atoms with E-state index in [1.807, 2.05) is 30.3 Å². The van der Waals surface area contributed by atoms with Crippen LogP contribution in [0.5, 0.6) is 5.75 Å².